The predicted molar refractivity (Wildman–Crippen MR) is 146 cm³/mol. The molecule has 2 aliphatic rings. The van der Waals surface area contributed by atoms with Gasteiger partial charge in [0.25, 0.3) is 0 Å². The number of rotatable bonds is 9. The molecule has 2 fully saturated rings. The number of aromatic nitrogens is 2. The maximum absolute atomic E-state index is 13.5. The third kappa shape index (κ3) is 6.14. The van der Waals surface area contributed by atoms with Gasteiger partial charge in [-0.3, -0.25) is 19.2 Å². The highest BCUT2D eigenvalue weighted by atomic mass is 32.1. The molecule has 3 N–H and O–H groups in total. The lowest BCUT2D eigenvalue weighted by Gasteiger charge is -2.39. The van der Waals surface area contributed by atoms with E-state index in [1.165, 1.54) is 11.3 Å². The minimum absolute atomic E-state index is 0.0499. The van der Waals surface area contributed by atoms with Crippen molar-refractivity contribution in [2.24, 2.45) is 0 Å². The highest BCUT2D eigenvalue weighted by molar-refractivity contribution is 7.11. The van der Waals surface area contributed by atoms with E-state index < -0.39 is 12.1 Å². The molecule has 0 bridgehead atoms. The third-order valence-electron chi connectivity index (χ3n) is 7.23. The molecule has 0 radical (unpaired) electrons. The minimum Gasteiger partial charge on any atom is -0.384 e. The molecule has 4 heterocycles. The van der Waals surface area contributed by atoms with Gasteiger partial charge >= 0.3 is 0 Å². The molecule has 2 saturated heterocycles. The quantitative estimate of drug-likeness (QED) is 0.391. The van der Waals surface area contributed by atoms with Crippen LogP contribution in [0.25, 0.3) is 0 Å². The van der Waals surface area contributed by atoms with Crippen molar-refractivity contribution in [2.75, 3.05) is 18.8 Å². The van der Waals surface area contributed by atoms with Gasteiger partial charge in [0, 0.05) is 37.2 Å². The van der Waals surface area contributed by atoms with Gasteiger partial charge in [0.2, 0.25) is 23.5 Å². The maximum Gasteiger partial charge on any atom is 0.243 e. The zero-order chi connectivity index (χ0) is 27.4. The Morgan fingerprint density at radius 1 is 1.08 bits per heavy atom. The van der Waals surface area contributed by atoms with Gasteiger partial charge in [-0.1, -0.05) is 30.3 Å². The van der Waals surface area contributed by atoms with E-state index in [9.17, 15) is 19.2 Å². The van der Waals surface area contributed by atoms with Crippen molar-refractivity contribution in [3.63, 3.8) is 0 Å². The van der Waals surface area contributed by atoms with Crippen LogP contribution in [0.5, 0.6) is 0 Å². The monoisotopic (exact) mass is 546 g/mol. The van der Waals surface area contributed by atoms with Gasteiger partial charge in [0.15, 0.2) is 5.01 Å². The molecule has 0 spiro atoms. The van der Waals surface area contributed by atoms with Crippen LogP contribution < -0.4 is 11.1 Å². The second-order valence-corrected chi connectivity index (χ2v) is 10.8. The Bertz CT molecular complexity index is 1350. The summed E-state index contributed by atoms with van der Waals surface area (Å²) in [5.74, 6) is -0.679. The minimum atomic E-state index is -0.875. The summed E-state index contributed by atoms with van der Waals surface area (Å²) in [6.45, 7) is 0.354. The number of hydrogen-bond acceptors (Lipinski definition) is 8. The molecule has 202 valence electrons. The lowest BCUT2D eigenvalue weighted by Crippen LogP contribution is -2.60. The third-order valence-corrected chi connectivity index (χ3v) is 8.02. The number of Topliss-reactive ketones (excluding diaryl/α,β-unsaturated/α-hetero) is 1. The zero-order valence-corrected chi connectivity index (χ0v) is 22.2. The number of fused-ring (bicyclic) bond motifs is 1. The van der Waals surface area contributed by atoms with E-state index in [0.717, 1.165) is 11.1 Å². The summed E-state index contributed by atoms with van der Waals surface area (Å²) in [5.41, 5.74) is 7.63. The average molecular weight is 547 g/mol. The number of nitrogens with two attached hydrogens (primary N) is 1. The van der Waals surface area contributed by atoms with E-state index in [0.29, 0.717) is 43.1 Å². The first kappa shape index (κ1) is 26.5. The summed E-state index contributed by atoms with van der Waals surface area (Å²) in [6, 6.07) is 11.4. The van der Waals surface area contributed by atoms with Gasteiger partial charge in [-0.25, -0.2) is 9.97 Å². The molecule has 2 aromatic heterocycles. The van der Waals surface area contributed by atoms with Crippen molar-refractivity contribution in [3.8, 4) is 0 Å². The Labute approximate surface area is 230 Å². The summed E-state index contributed by atoms with van der Waals surface area (Å²) in [5, 5.41) is 4.89. The van der Waals surface area contributed by atoms with Gasteiger partial charge in [0.05, 0.1) is 18.6 Å². The first-order valence-electron chi connectivity index (χ1n) is 13.0. The fourth-order valence-electron chi connectivity index (χ4n) is 5.33. The molecular formula is C28H30N6O4S. The number of benzene rings is 1. The standard InChI is InChI=1S/C28H30N6O4S/c29-23-15-19(10-11-30-23)14-21(26(37)28-31-12-13-39-28)32-27(38)22-8-7-20-16-33(17-25(36)34(20)22)24(35)9-6-18-4-2-1-3-5-18/h1-5,10-13,15,20-22H,6-9,14,16-17H2,(H2,29,30)(H,32,38). The van der Waals surface area contributed by atoms with Gasteiger partial charge < -0.3 is 20.9 Å². The maximum atomic E-state index is 13.5. The van der Waals surface area contributed by atoms with Crippen molar-refractivity contribution >= 4 is 40.7 Å². The molecule has 11 heteroatoms. The predicted octanol–water partition coefficient (Wildman–Crippen LogP) is 1.87. The van der Waals surface area contributed by atoms with Crippen molar-refractivity contribution in [1.82, 2.24) is 25.1 Å². The van der Waals surface area contributed by atoms with Crippen molar-refractivity contribution < 1.29 is 19.2 Å². The largest absolute Gasteiger partial charge is 0.384 e. The number of carbonyl (C=O) groups excluding carboxylic acids is 4. The fraction of sp³-hybridized carbons (Fsp3) is 0.357. The Kier molecular flexibility index (Phi) is 7.97. The molecule has 5 rings (SSSR count). The van der Waals surface area contributed by atoms with E-state index in [4.69, 9.17) is 5.73 Å². The first-order chi connectivity index (χ1) is 18.9. The van der Waals surface area contributed by atoms with Gasteiger partial charge in [-0.2, -0.15) is 0 Å². The Hall–Kier alpha value is -4.12. The van der Waals surface area contributed by atoms with Crippen LogP contribution >= 0.6 is 11.3 Å². The smallest absolute Gasteiger partial charge is 0.243 e. The van der Waals surface area contributed by atoms with E-state index in [1.807, 2.05) is 30.3 Å². The van der Waals surface area contributed by atoms with E-state index in [1.54, 1.807) is 39.7 Å². The van der Waals surface area contributed by atoms with Crippen molar-refractivity contribution in [3.05, 3.63) is 76.4 Å². The molecule has 39 heavy (non-hydrogen) atoms. The molecule has 3 amide bonds. The zero-order valence-electron chi connectivity index (χ0n) is 21.4. The highest BCUT2D eigenvalue weighted by Gasteiger charge is 2.46. The number of aryl methyl sites for hydroxylation is 1. The van der Waals surface area contributed by atoms with E-state index >= 15 is 0 Å². The number of nitrogens with zero attached hydrogens (tertiary/aromatic N) is 4. The average Bonchev–Trinajstić information content (AvgIpc) is 3.62. The van der Waals surface area contributed by atoms with E-state index in [2.05, 4.69) is 15.3 Å². The molecule has 2 aliphatic heterocycles. The summed E-state index contributed by atoms with van der Waals surface area (Å²) < 4.78 is 0. The Morgan fingerprint density at radius 2 is 1.90 bits per heavy atom. The lowest BCUT2D eigenvalue weighted by atomic mass is 10.0. The molecule has 0 saturated carbocycles. The summed E-state index contributed by atoms with van der Waals surface area (Å²) in [6.07, 6.45) is 5.33. The molecule has 0 aliphatic carbocycles. The molecule has 1 aromatic carbocycles. The molecule has 10 nitrogen and oxygen atoms in total. The van der Waals surface area contributed by atoms with Crippen LogP contribution in [0.4, 0.5) is 5.82 Å². The number of nitrogens with one attached hydrogen (secondary N) is 1. The van der Waals surface area contributed by atoms with E-state index in [-0.39, 0.29) is 42.5 Å². The van der Waals surface area contributed by atoms with Crippen LogP contribution in [-0.2, 0) is 27.2 Å². The van der Waals surface area contributed by atoms with Gasteiger partial charge in [-0.15, -0.1) is 11.3 Å². The topological polar surface area (TPSA) is 139 Å². The molecular weight excluding hydrogens is 516 g/mol. The number of piperazine rings is 1. The number of hydrogen-bond donors (Lipinski definition) is 2. The van der Waals surface area contributed by atoms with Crippen LogP contribution in [0.3, 0.4) is 0 Å². The van der Waals surface area contributed by atoms with Gasteiger partial charge in [0.1, 0.15) is 11.9 Å². The second-order valence-electron chi connectivity index (χ2n) is 9.86. The van der Waals surface area contributed by atoms with Crippen molar-refractivity contribution in [2.45, 2.75) is 50.2 Å². The fourth-order valence-corrected chi connectivity index (χ4v) is 5.96. The Morgan fingerprint density at radius 3 is 2.64 bits per heavy atom. The summed E-state index contributed by atoms with van der Waals surface area (Å²) in [4.78, 5) is 64.1. The van der Waals surface area contributed by atoms with Gasteiger partial charge in [-0.05, 0) is 42.5 Å². The lowest BCUT2D eigenvalue weighted by molar-refractivity contribution is -0.151. The summed E-state index contributed by atoms with van der Waals surface area (Å²) in [7, 11) is 0. The SMILES string of the molecule is Nc1cc(CC(NC(=O)C2CCC3CN(C(=O)CCc4ccccc4)CC(=O)N32)C(=O)c2nccs2)ccn1. The highest BCUT2D eigenvalue weighted by Crippen LogP contribution is 2.29. The number of anilines is 1. The summed E-state index contributed by atoms with van der Waals surface area (Å²) >= 11 is 1.21. The van der Waals surface area contributed by atoms with Crippen molar-refractivity contribution in [1.29, 1.82) is 0 Å². The Balaban J connectivity index is 1.24. The van der Waals surface area contributed by atoms with Crippen LogP contribution in [0, 0.1) is 0 Å². The molecule has 3 atom stereocenters. The number of nitrogen functional groups attached to an aromatic ring is 1. The first-order valence-corrected chi connectivity index (χ1v) is 13.8. The molecule has 3 aromatic rings. The van der Waals surface area contributed by atoms with Crippen LogP contribution in [0.2, 0.25) is 0 Å². The normalized spacial score (nSPS) is 19.4. The van der Waals surface area contributed by atoms with Crippen LogP contribution in [-0.4, -0.2) is 74.5 Å². The number of thiazole rings is 1. The number of carbonyl (C=O) groups is 4. The number of amides is 3. The number of pyridine rings is 1. The molecule has 3 unspecified atom stereocenters. The van der Waals surface area contributed by atoms with Crippen LogP contribution in [0.1, 0.15) is 40.2 Å². The number of ketones is 1. The van der Waals surface area contributed by atoms with Crippen LogP contribution in [0.15, 0.2) is 60.2 Å². The second kappa shape index (κ2) is 11.7.